The first-order valence-corrected chi connectivity index (χ1v) is 8.14. The topological polar surface area (TPSA) is 199 Å². The Morgan fingerprint density at radius 1 is 1.05 bits per heavy atom. The van der Waals surface area contributed by atoms with Crippen LogP contribution < -0.4 is 11.5 Å². The lowest BCUT2D eigenvalue weighted by atomic mass is 10.1. The quantitative estimate of drug-likeness (QED) is 0.407. The van der Waals surface area contributed by atoms with Gasteiger partial charge in [0.2, 0.25) is 0 Å². The van der Waals surface area contributed by atoms with Gasteiger partial charge in [-0.3, -0.25) is 9.11 Å². The molecule has 1 heterocycles. The molecule has 0 bridgehead atoms. The highest BCUT2D eigenvalue weighted by Gasteiger charge is 2.34. The van der Waals surface area contributed by atoms with Gasteiger partial charge in [-0.15, -0.1) is 10.2 Å². The van der Waals surface area contributed by atoms with E-state index in [4.69, 9.17) is 20.6 Å². The minimum absolute atomic E-state index is 0.293. The molecule has 1 aromatic heterocycles. The molecule has 0 fully saturated rings. The van der Waals surface area contributed by atoms with Gasteiger partial charge in [0, 0.05) is 18.7 Å². The largest absolute Gasteiger partial charge is 0.329 e. The number of nitrogens with zero attached hydrogens (tertiary/aromatic N) is 3. The Bertz CT molecular complexity index is 616. The highest BCUT2D eigenvalue weighted by atomic mass is 32.2. The molecule has 2 atom stereocenters. The Morgan fingerprint density at radius 3 is 1.95 bits per heavy atom. The smallest absolute Gasteiger partial charge is 0.274 e. The fourth-order valence-electron chi connectivity index (χ4n) is 1.57. The van der Waals surface area contributed by atoms with Gasteiger partial charge in [0.15, 0.2) is 0 Å². The summed E-state index contributed by atoms with van der Waals surface area (Å²) in [4.78, 5) is 0. The minimum Gasteiger partial charge on any atom is -0.329 e. The second-order valence-corrected chi connectivity index (χ2v) is 6.95. The van der Waals surface area contributed by atoms with Crippen molar-refractivity contribution in [1.29, 1.82) is 0 Å². The molecule has 13 heteroatoms. The van der Waals surface area contributed by atoms with E-state index in [1.807, 2.05) is 0 Å². The van der Waals surface area contributed by atoms with Gasteiger partial charge in [0.05, 0.1) is 11.9 Å². The van der Waals surface area contributed by atoms with Crippen molar-refractivity contribution < 1.29 is 25.9 Å². The Balaban J connectivity index is 3.52. The SMILES string of the molecule is NCC(c1cnnnc1C(CN)S(=O)(=O)O)S(=O)(=O)O. The van der Waals surface area contributed by atoms with Crippen LogP contribution in [0.15, 0.2) is 6.20 Å². The molecule has 1 aromatic rings. The third kappa shape index (κ3) is 3.65. The van der Waals surface area contributed by atoms with Crippen LogP contribution >= 0.6 is 0 Å². The summed E-state index contributed by atoms with van der Waals surface area (Å²) in [7, 11) is -9.28. The third-order valence-electron chi connectivity index (χ3n) is 2.50. The van der Waals surface area contributed by atoms with Crippen molar-refractivity contribution in [2.45, 2.75) is 10.5 Å². The van der Waals surface area contributed by atoms with Crippen molar-refractivity contribution in [2.24, 2.45) is 11.5 Å². The predicted octanol–water partition coefficient (Wildman–Crippen LogP) is -2.35. The van der Waals surface area contributed by atoms with E-state index < -0.39 is 49.5 Å². The van der Waals surface area contributed by atoms with E-state index in [9.17, 15) is 16.8 Å². The summed E-state index contributed by atoms with van der Waals surface area (Å²) in [6.07, 6.45) is 0.890. The highest BCUT2D eigenvalue weighted by molar-refractivity contribution is 7.86. The second kappa shape index (κ2) is 6.02. The lowest BCUT2D eigenvalue weighted by Crippen LogP contribution is -2.28. The van der Waals surface area contributed by atoms with E-state index in [1.54, 1.807) is 0 Å². The van der Waals surface area contributed by atoms with Crippen molar-refractivity contribution in [1.82, 2.24) is 15.4 Å². The molecule has 0 radical (unpaired) electrons. The van der Waals surface area contributed by atoms with Crippen molar-refractivity contribution >= 4 is 20.2 Å². The molecule has 0 saturated carbocycles. The van der Waals surface area contributed by atoms with Crippen LogP contribution in [-0.4, -0.2) is 54.4 Å². The lowest BCUT2D eigenvalue weighted by molar-refractivity contribution is 0.459. The molecular weight excluding hydrogens is 314 g/mol. The molecule has 0 amide bonds. The van der Waals surface area contributed by atoms with E-state index in [1.165, 1.54) is 0 Å². The van der Waals surface area contributed by atoms with E-state index >= 15 is 0 Å². The molecule has 0 aliphatic heterocycles. The molecule has 6 N–H and O–H groups in total. The molecule has 0 aromatic carbocycles. The van der Waals surface area contributed by atoms with Crippen molar-refractivity contribution in [2.75, 3.05) is 13.1 Å². The Labute approximate surface area is 114 Å². The summed E-state index contributed by atoms with van der Waals surface area (Å²) in [5.74, 6) is 0. The summed E-state index contributed by atoms with van der Waals surface area (Å²) in [6.45, 7) is -1.13. The highest BCUT2D eigenvalue weighted by Crippen LogP contribution is 2.28. The molecule has 0 aliphatic carbocycles. The van der Waals surface area contributed by atoms with E-state index in [-0.39, 0.29) is 5.56 Å². The van der Waals surface area contributed by atoms with Gasteiger partial charge in [-0.2, -0.15) is 16.8 Å². The van der Waals surface area contributed by atoms with Gasteiger partial charge in [-0.25, -0.2) is 0 Å². The fraction of sp³-hybridized carbons (Fsp3) is 0.571. The zero-order chi connectivity index (χ0) is 15.6. The summed E-state index contributed by atoms with van der Waals surface area (Å²) >= 11 is 0. The Hall–Kier alpha value is -1.25. The molecular formula is C7H13N5O6S2. The number of aromatic nitrogens is 3. The summed E-state index contributed by atoms with van der Waals surface area (Å²) in [6, 6.07) is 0. The predicted molar refractivity (Wildman–Crippen MR) is 66.5 cm³/mol. The van der Waals surface area contributed by atoms with Gasteiger partial charge in [-0.1, -0.05) is 0 Å². The van der Waals surface area contributed by atoms with Crippen LogP contribution in [0.25, 0.3) is 0 Å². The molecule has 114 valence electrons. The third-order valence-corrected chi connectivity index (χ3v) is 4.80. The minimum atomic E-state index is -4.65. The van der Waals surface area contributed by atoms with Crippen LogP contribution in [0.3, 0.4) is 0 Å². The number of rotatable bonds is 6. The van der Waals surface area contributed by atoms with Crippen LogP contribution in [0.4, 0.5) is 0 Å². The molecule has 11 nitrogen and oxygen atoms in total. The maximum Gasteiger partial charge on any atom is 0.274 e. The first kappa shape index (κ1) is 16.8. The van der Waals surface area contributed by atoms with Gasteiger partial charge < -0.3 is 11.5 Å². The molecule has 2 unspecified atom stereocenters. The first-order chi connectivity index (χ1) is 9.12. The van der Waals surface area contributed by atoms with Gasteiger partial charge in [0.25, 0.3) is 20.2 Å². The monoisotopic (exact) mass is 327 g/mol. The fourth-order valence-corrected chi connectivity index (χ4v) is 3.02. The zero-order valence-corrected chi connectivity index (χ0v) is 11.6. The second-order valence-electron chi connectivity index (χ2n) is 3.75. The van der Waals surface area contributed by atoms with Crippen LogP contribution in [0.2, 0.25) is 0 Å². The van der Waals surface area contributed by atoms with Crippen molar-refractivity contribution in [3.63, 3.8) is 0 Å². The zero-order valence-electron chi connectivity index (χ0n) is 9.99. The average Bonchev–Trinajstić information content (AvgIpc) is 2.29. The summed E-state index contributed by atoms with van der Waals surface area (Å²) in [5.41, 5.74) is 9.77. The molecule has 20 heavy (non-hydrogen) atoms. The lowest BCUT2D eigenvalue weighted by Gasteiger charge is -2.17. The van der Waals surface area contributed by atoms with E-state index in [0.717, 1.165) is 6.20 Å². The normalized spacial score (nSPS) is 15.8. The Kier molecular flexibility index (Phi) is 5.06. The van der Waals surface area contributed by atoms with Crippen LogP contribution in [0, 0.1) is 0 Å². The maximum atomic E-state index is 11.2. The molecule has 1 rings (SSSR count). The van der Waals surface area contributed by atoms with Gasteiger partial charge >= 0.3 is 0 Å². The summed E-state index contributed by atoms with van der Waals surface area (Å²) in [5, 5.41) is 6.52. The molecule has 0 aliphatic rings. The van der Waals surface area contributed by atoms with Crippen LogP contribution in [0.5, 0.6) is 0 Å². The maximum absolute atomic E-state index is 11.2. The van der Waals surface area contributed by atoms with E-state index in [0.29, 0.717) is 0 Å². The van der Waals surface area contributed by atoms with Crippen LogP contribution in [-0.2, 0) is 20.2 Å². The van der Waals surface area contributed by atoms with Gasteiger partial charge in [0.1, 0.15) is 10.5 Å². The number of hydrogen-bond acceptors (Lipinski definition) is 9. The van der Waals surface area contributed by atoms with Crippen molar-refractivity contribution in [3.8, 4) is 0 Å². The average molecular weight is 327 g/mol. The Morgan fingerprint density at radius 2 is 1.55 bits per heavy atom. The van der Waals surface area contributed by atoms with Gasteiger partial charge in [-0.05, 0) is 5.21 Å². The summed E-state index contributed by atoms with van der Waals surface area (Å²) < 4.78 is 63.1. The van der Waals surface area contributed by atoms with Crippen LogP contribution in [0.1, 0.15) is 21.8 Å². The number of nitrogens with two attached hydrogens (primary N) is 2. The standard InChI is InChI=1S/C7H13N5O6S2/c8-1-5(19(13,14)15)4-3-10-12-11-7(4)6(2-9)20(16,17)18/h3,5-6H,1-2,8-9H2,(H,13,14,15)(H,16,17,18). The molecule has 0 spiro atoms. The van der Waals surface area contributed by atoms with Crippen molar-refractivity contribution in [3.05, 3.63) is 17.5 Å². The van der Waals surface area contributed by atoms with E-state index in [2.05, 4.69) is 15.4 Å². The number of hydrogen-bond donors (Lipinski definition) is 4. The molecule has 0 saturated heterocycles. The first-order valence-electron chi connectivity index (χ1n) is 5.13.